The molecule has 0 bridgehead atoms. The van der Waals surface area contributed by atoms with Gasteiger partial charge in [-0.3, -0.25) is 4.79 Å². The summed E-state index contributed by atoms with van der Waals surface area (Å²) in [5.74, 6) is -2.65. The summed E-state index contributed by atoms with van der Waals surface area (Å²) < 4.78 is 58.7. The first-order chi connectivity index (χ1) is 14.1. The van der Waals surface area contributed by atoms with Gasteiger partial charge in [-0.05, 0) is 48.6 Å². The van der Waals surface area contributed by atoms with Crippen LogP contribution in [0.25, 0.3) is 6.08 Å². The summed E-state index contributed by atoms with van der Waals surface area (Å²) in [4.78, 5) is 11.0. The Labute approximate surface area is 179 Å². The Morgan fingerprint density at radius 1 is 1.17 bits per heavy atom. The number of aryl methyl sites for hydroxylation is 2. The maximum absolute atomic E-state index is 13.6. The molecule has 7 heteroatoms. The van der Waals surface area contributed by atoms with Gasteiger partial charge in [0.2, 0.25) is 0 Å². The molecule has 1 atom stereocenters. The minimum atomic E-state index is -4.56. The highest BCUT2D eigenvalue weighted by molar-refractivity contribution is 6.30. The van der Waals surface area contributed by atoms with Crippen LogP contribution in [0.4, 0.5) is 17.6 Å². The second kappa shape index (κ2) is 11.9. The Morgan fingerprint density at radius 2 is 1.80 bits per heavy atom. The van der Waals surface area contributed by atoms with Crippen LogP contribution in [0.1, 0.15) is 52.4 Å². The van der Waals surface area contributed by atoms with Gasteiger partial charge in [0.05, 0.1) is 10.9 Å². The van der Waals surface area contributed by atoms with E-state index in [4.69, 9.17) is 11.6 Å². The average molecular weight is 445 g/mol. The van der Waals surface area contributed by atoms with E-state index < -0.39 is 17.9 Å². The number of hydrogen-bond donors (Lipinski definition) is 0. The minimum absolute atomic E-state index is 0.0544. The summed E-state index contributed by atoms with van der Waals surface area (Å²) in [7, 11) is 1.68. The molecule has 2 aromatic rings. The van der Waals surface area contributed by atoms with E-state index in [-0.39, 0.29) is 16.1 Å². The standard InChI is InChI=1S/C20H17ClF4O.C3H8O/c1-3-14-9-13(4-6-15(14)11-26)5-7-17(20(23,24)25)16-8-12(2)19(22)18(21)10-16;1-3-4-2/h4-11,17H,3H2,1-2H3;3H2,1-2H3/b7-5+;. The van der Waals surface area contributed by atoms with Crippen molar-refractivity contribution in [2.24, 2.45) is 0 Å². The largest absolute Gasteiger partial charge is 0.399 e. The second-order valence-corrected chi connectivity index (χ2v) is 6.93. The lowest BCUT2D eigenvalue weighted by atomic mass is 9.94. The van der Waals surface area contributed by atoms with Crippen molar-refractivity contribution < 1.29 is 27.1 Å². The van der Waals surface area contributed by atoms with Gasteiger partial charge in [0.25, 0.3) is 0 Å². The van der Waals surface area contributed by atoms with Crippen LogP contribution in [-0.4, -0.2) is 26.2 Å². The van der Waals surface area contributed by atoms with E-state index in [1.807, 2.05) is 13.8 Å². The summed E-state index contributed by atoms with van der Waals surface area (Å²) in [6.07, 6.45) is -0.892. The van der Waals surface area contributed by atoms with E-state index in [1.54, 1.807) is 25.3 Å². The summed E-state index contributed by atoms with van der Waals surface area (Å²) in [6.45, 7) is 6.01. The molecule has 0 spiro atoms. The zero-order valence-corrected chi connectivity index (χ0v) is 18.1. The van der Waals surface area contributed by atoms with Crippen molar-refractivity contribution in [1.82, 2.24) is 0 Å². The molecule has 30 heavy (non-hydrogen) atoms. The molecule has 2 nitrogen and oxygen atoms in total. The Hall–Kier alpha value is -2.18. The lowest BCUT2D eigenvalue weighted by Crippen LogP contribution is -2.19. The molecule has 0 aliphatic heterocycles. The van der Waals surface area contributed by atoms with Crippen LogP contribution in [0.3, 0.4) is 0 Å². The number of halogens is 5. The monoisotopic (exact) mass is 444 g/mol. The van der Waals surface area contributed by atoms with E-state index in [2.05, 4.69) is 4.74 Å². The van der Waals surface area contributed by atoms with Crippen LogP contribution in [-0.2, 0) is 11.2 Å². The van der Waals surface area contributed by atoms with Gasteiger partial charge in [-0.15, -0.1) is 0 Å². The molecule has 0 radical (unpaired) electrons. The van der Waals surface area contributed by atoms with Gasteiger partial charge in [-0.25, -0.2) is 4.39 Å². The first-order valence-corrected chi connectivity index (χ1v) is 9.74. The first kappa shape index (κ1) is 25.9. The quantitative estimate of drug-likeness (QED) is 0.348. The van der Waals surface area contributed by atoms with Gasteiger partial charge in [-0.1, -0.05) is 54.9 Å². The van der Waals surface area contributed by atoms with Crippen molar-refractivity contribution in [3.8, 4) is 0 Å². The molecular formula is C23H25ClF4O2. The van der Waals surface area contributed by atoms with Crippen molar-refractivity contribution in [2.45, 2.75) is 39.3 Å². The topological polar surface area (TPSA) is 26.3 Å². The number of allylic oxidation sites excluding steroid dienone is 1. The molecule has 2 aromatic carbocycles. The molecule has 0 aromatic heterocycles. The zero-order valence-electron chi connectivity index (χ0n) is 17.3. The van der Waals surface area contributed by atoms with E-state index in [1.165, 1.54) is 13.0 Å². The number of carbonyl (C=O) groups is 1. The van der Waals surface area contributed by atoms with Gasteiger partial charge in [-0.2, -0.15) is 13.2 Å². The number of methoxy groups -OCH3 is 1. The van der Waals surface area contributed by atoms with Crippen molar-refractivity contribution in [3.05, 3.63) is 75.1 Å². The lowest BCUT2D eigenvalue weighted by molar-refractivity contribution is -0.139. The third-order valence-electron chi connectivity index (χ3n) is 4.39. The third-order valence-corrected chi connectivity index (χ3v) is 4.66. The Morgan fingerprint density at radius 3 is 2.27 bits per heavy atom. The summed E-state index contributed by atoms with van der Waals surface area (Å²) in [5, 5.41) is -0.341. The Kier molecular flexibility index (Phi) is 10.2. The molecule has 164 valence electrons. The Bertz CT molecular complexity index is 851. The third kappa shape index (κ3) is 7.26. The molecule has 2 rings (SSSR count). The van der Waals surface area contributed by atoms with E-state index in [0.29, 0.717) is 23.8 Å². The highest BCUT2D eigenvalue weighted by Crippen LogP contribution is 2.38. The van der Waals surface area contributed by atoms with Crippen LogP contribution < -0.4 is 0 Å². The summed E-state index contributed by atoms with van der Waals surface area (Å²) in [6, 6.07) is 6.98. The van der Waals surface area contributed by atoms with E-state index in [9.17, 15) is 22.4 Å². The fourth-order valence-electron chi connectivity index (χ4n) is 2.70. The number of ether oxygens (including phenoxy) is 1. The van der Waals surface area contributed by atoms with Crippen LogP contribution in [0.5, 0.6) is 0 Å². The lowest BCUT2D eigenvalue weighted by Gasteiger charge is -2.18. The molecule has 0 heterocycles. The predicted molar refractivity (Wildman–Crippen MR) is 113 cm³/mol. The number of alkyl halides is 3. The molecular weight excluding hydrogens is 420 g/mol. The normalized spacial score (nSPS) is 12.4. The maximum atomic E-state index is 13.6. The molecule has 0 saturated heterocycles. The predicted octanol–water partition coefficient (Wildman–Crippen LogP) is 7.17. The van der Waals surface area contributed by atoms with Crippen molar-refractivity contribution in [1.29, 1.82) is 0 Å². The van der Waals surface area contributed by atoms with Crippen molar-refractivity contribution in [3.63, 3.8) is 0 Å². The van der Waals surface area contributed by atoms with E-state index >= 15 is 0 Å². The SMILES string of the molecule is CCOC.CCc1cc(/C=C/C(c2cc(C)c(F)c(Cl)c2)C(F)(F)F)ccc1C=O. The summed E-state index contributed by atoms with van der Waals surface area (Å²) >= 11 is 5.70. The number of hydrogen-bond acceptors (Lipinski definition) is 2. The molecule has 0 N–H and O–H groups in total. The molecule has 0 aliphatic rings. The highest BCUT2D eigenvalue weighted by Gasteiger charge is 2.39. The fourth-order valence-corrected chi connectivity index (χ4v) is 2.97. The fraction of sp³-hybridized carbons (Fsp3) is 0.348. The first-order valence-electron chi connectivity index (χ1n) is 9.36. The Balaban J connectivity index is 0.00000103. The zero-order chi connectivity index (χ0) is 22.9. The number of rotatable bonds is 6. The van der Waals surface area contributed by atoms with Crippen LogP contribution in [0.15, 0.2) is 36.4 Å². The molecule has 0 saturated carbocycles. The van der Waals surface area contributed by atoms with Gasteiger partial charge >= 0.3 is 6.18 Å². The highest BCUT2D eigenvalue weighted by atomic mass is 35.5. The number of aldehydes is 1. The van der Waals surface area contributed by atoms with Gasteiger partial charge in [0, 0.05) is 19.3 Å². The number of carbonyl (C=O) groups excluding carboxylic acids is 1. The van der Waals surface area contributed by atoms with Gasteiger partial charge in [0.1, 0.15) is 12.1 Å². The molecule has 0 amide bonds. The van der Waals surface area contributed by atoms with Crippen LogP contribution >= 0.6 is 11.6 Å². The van der Waals surface area contributed by atoms with Crippen molar-refractivity contribution in [2.75, 3.05) is 13.7 Å². The van der Waals surface area contributed by atoms with Crippen molar-refractivity contribution >= 4 is 24.0 Å². The minimum Gasteiger partial charge on any atom is -0.385 e. The molecule has 1 unspecified atom stereocenters. The van der Waals surface area contributed by atoms with Crippen LogP contribution in [0, 0.1) is 12.7 Å². The smallest absolute Gasteiger partial charge is 0.385 e. The number of benzene rings is 2. The maximum Gasteiger partial charge on any atom is 0.399 e. The molecule has 0 aliphatic carbocycles. The van der Waals surface area contributed by atoms with E-state index in [0.717, 1.165) is 30.4 Å². The molecule has 0 fully saturated rings. The average Bonchev–Trinajstić information content (AvgIpc) is 2.71. The summed E-state index contributed by atoms with van der Waals surface area (Å²) in [5.41, 5.74) is 1.74. The van der Waals surface area contributed by atoms with Gasteiger partial charge < -0.3 is 4.74 Å². The van der Waals surface area contributed by atoms with Gasteiger partial charge in [0.15, 0.2) is 0 Å². The van der Waals surface area contributed by atoms with Crippen LogP contribution in [0.2, 0.25) is 5.02 Å². The second-order valence-electron chi connectivity index (χ2n) is 6.52.